The number of alkyl halides is 2. The number of aromatic nitrogens is 2. The lowest BCUT2D eigenvalue weighted by Gasteiger charge is -2.27. The van der Waals surface area contributed by atoms with Gasteiger partial charge >= 0.3 is 0 Å². The number of halogens is 2. The lowest BCUT2D eigenvalue weighted by atomic mass is 9.84. The summed E-state index contributed by atoms with van der Waals surface area (Å²) in [7, 11) is 0. The van der Waals surface area contributed by atoms with Crippen LogP contribution in [0.25, 0.3) is 0 Å². The molecule has 0 bridgehead atoms. The van der Waals surface area contributed by atoms with Gasteiger partial charge in [-0.3, -0.25) is 9.48 Å². The number of carbonyl (C=O) groups is 1. The largest absolute Gasteiger partial charge is 0.300 e. The van der Waals surface area contributed by atoms with Crippen molar-refractivity contribution < 1.29 is 13.6 Å². The second-order valence-electron chi connectivity index (χ2n) is 4.64. The molecule has 3 nitrogen and oxygen atoms in total. The summed E-state index contributed by atoms with van der Waals surface area (Å²) in [6.45, 7) is 1.62. The van der Waals surface area contributed by atoms with Crippen molar-refractivity contribution >= 4 is 5.78 Å². The van der Waals surface area contributed by atoms with Crippen LogP contribution in [-0.2, 0) is 4.79 Å². The van der Waals surface area contributed by atoms with Gasteiger partial charge in [0.1, 0.15) is 11.5 Å². The van der Waals surface area contributed by atoms with Crippen LogP contribution in [0.5, 0.6) is 0 Å². The molecule has 0 aromatic carbocycles. The topological polar surface area (TPSA) is 34.9 Å². The Morgan fingerprint density at radius 2 is 2.06 bits per heavy atom. The molecule has 1 heterocycles. The van der Waals surface area contributed by atoms with E-state index in [4.69, 9.17) is 0 Å². The molecule has 0 N–H and O–H groups in total. The Kier molecular flexibility index (Phi) is 3.54. The van der Waals surface area contributed by atoms with E-state index in [1.54, 1.807) is 17.8 Å². The van der Waals surface area contributed by atoms with Crippen molar-refractivity contribution in [2.24, 2.45) is 5.92 Å². The van der Waals surface area contributed by atoms with E-state index in [1.165, 1.54) is 6.07 Å². The van der Waals surface area contributed by atoms with Crippen molar-refractivity contribution in [2.75, 3.05) is 0 Å². The van der Waals surface area contributed by atoms with E-state index in [0.717, 1.165) is 25.7 Å². The average Bonchev–Trinajstić information content (AvgIpc) is 2.78. The van der Waals surface area contributed by atoms with Gasteiger partial charge in [-0.1, -0.05) is 0 Å². The molecule has 0 radical (unpaired) electrons. The first-order valence-corrected chi connectivity index (χ1v) is 5.91. The highest BCUT2D eigenvalue weighted by Crippen LogP contribution is 2.32. The zero-order valence-corrected chi connectivity index (χ0v) is 9.77. The Balaban J connectivity index is 1.98. The van der Waals surface area contributed by atoms with Crippen molar-refractivity contribution in [3.63, 3.8) is 0 Å². The highest BCUT2D eigenvalue weighted by atomic mass is 19.3. The fourth-order valence-corrected chi connectivity index (χ4v) is 2.42. The number of nitrogens with zero attached hydrogens (tertiary/aromatic N) is 2. The summed E-state index contributed by atoms with van der Waals surface area (Å²) >= 11 is 0. The Hall–Kier alpha value is -1.26. The van der Waals surface area contributed by atoms with Gasteiger partial charge in [0.2, 0.25) is 0 Å². The number of hydrogen-bond acceptors (Lipinski definition) is 2. The highest BCUT2D eigenvalue weighted by molar-refractivity contribution is 5.78. The maximum atomic E-state index is 12.4. The monoisotopic (exact) mass is 242 g/mol. The smallest absolute Gasteiger partial charge is 0.282 e. The van der Waals surface area contributed by atoms with Gasteiger partial charge < -0.3 is 0 Å². The molecule has 5 heteroatoms. The standard InChI is InChI=1S/C12H16F2N2O/c1-8(17)9-2-4-10(5-3-9)16-7-6-11(15-16)12(13)14/h6-7,9-10,12H,2-5H2,1H3. The SMILES string of the molecule is CC(=O)C1CCC(n2ccc(C(F)F)n2)CC1. The zero-order chi connectivity index (χ0) is 12.4. The molecule has 1 aliphatic rings. The molecular formula is C12H16F2N2O. The summed E-state index contributed by atoms with van der Waals surface area (Å²) < 4.78 is 26.4. The minimum Gasteiger partial charge on any atom is -0.300 e. The molecule has 0 aliphatic heterocycles. The average molecular weight is 242 g/mol. The van der Waals surface area contributed by atoms with Crippen LogP contribution in [-0.4, -0.2) is 15.6 Å². The third kappa shape index (κ3) is 2.70. The fraction of sp³-hybridized carbons (Fsp3) is 0.667. The summed E-state index contributed by atoms with van der Waals surface area (Å²) in [5, 5.41) is 3.89. The van der Waals surface area contributed by atoms with Gasteiger partial charge in [0.25, 0.3) is 6.43 Å². The van der Waals surface area contributed by atoms with Crippen LogP contribution in [0.4, 0.5) is 8.78 Å². The van der Waals surface area contributed by atoms with Crippen LogP contribution in [0.15, 0.2) is 12.3 Å². The van der Waals surface area contributed by atoms with Gasteiger partial charge in [0.05, 0.1) is 6.04 Å². The molecule has 1 aromatic rings. The molecule has 0 atom stereocenters. The van der Waals surface area contributed by atoms with Gasteiger partial charge in [0.15, 0.2) is 0 Å². The molecule has 0 unspecified atom stereocenters. The molecular weight excluding hydrogens is 226 g/mol. The van der Waals surface area contributed by atoms with Crippen molar-refractivity contribution in [3.05, 3.63) is 18.0 Å². The first-order chi connectivity index (χ1) is 8.08. The van der Waals surface area contributed by atoms with E-state index in [-0.39, 0.29) is 23.4 Å². The number of Topliss-reactive ketones (excluding diaryl/α,β-unsaturated/α-hetero) is 1. The molecule has 2 rings (SSSR count). The molecule has 0 spiro atoms. The summed E-state index contributed by atoms with van der Waals surface area (Å²) in [5.41, 5.74) is -0.168. The Labute approximate surface area is 98.8 Å². The van der Waals surface area contributed by atoms with Crippen LogP contribution in [0.1, 0.15) is 50.8 Å². The molecule has 1 saturated carbocycles. The molecule has 0 saturated heterocycles. The molecule has 17 heavy (non-hydrogen) atoms. The van der Waals surface area contributed by atoms with Crippen LogP contribution in [0, 0.1) is 5.92 Å². The van der Waals surface area contributed by atoms with E-state index >= 15 is 0 Å². The number of rotatable bonds is 3. The second-order valence-corrected chi connectivity index (χ2v) is 4.64. The Morgan fingerprint density at radius 3 is 2.53 bits per heavy atom. The first-order valence-electron chi connectivity index (χ1n) is 5.91. The maximum absolute atomic E-state index is 12.4. The lowest BCUT2D eigenvalue weighted by Crippen LogP contribution is -2.22. The number of hydrogen-bond donors (Lipinski definition) is 0. The van der Waals surface area contributed by atoms with E-state index in [1.807, 2.05) is 0 Å². The van der Waals surface area contributed by atoms with Gasteiger partial charge in [0, 0.05) is 12.1 Å². The van der Waals surface area contributed by atoms with Crippen LogP contribution < -0.4 is 0 Å². The maximum Gasteiger partial charge on any atom is 0.282 e. The summed E-state index contributed by atoms with van der Waals surface area (Å²) in [6, 6.07) is 1.53. The van der Waals surface area contributed by atoms with E-state index in [2.05, 4.69) is 5.10 Å². The fourth-order valence-electron chi connectivity index (χ4n) is 2.42. The third-order valence-corrected chi connectivity index (χ3v) is 3.50. The van der Waals surface area contributed by atoms with Gasteiger partial charge in [-0.2, -0.15) is 5.10 Å². The Morgan fingerprint density at radius 1 is 1.41 bits per heavy atom. The van der Waals surface area contributed by atoms with Crippen LogP contribution in [0.3, 0.4) is 0 Å². The second kappa shape index (κ2) is 4.94. The normalized spacial score (nSPS) is 25.2. The minimum absolute atomic E-state index is 0.149. The minimum atomic E-state index is -2.51. The van der Waals surface area contributed by atoms with Crippen molar-refractivity contribution in [1.82, 2.24) is 9.78 Å². The predicted octanol–water partition coefficient (Wildman–Crippen LogP) is 3.14. The van der Waals surface area contributed by atoms with E-state index in [9.17, 15) is 13.6 Å². The van der Waals surface area contributed by atoms with Crippen LogP contribution >= 0.6 is 0 Å². The molecule has 1 fully saturated rings. The molecule has 94 valence electrons. The van der Waals surface area contributed by atoms with Crippen molar-refractivity contribution in [3.8, 4) is 0 Å². The van der Waals surface area contributed by atoms with E-state index < -0.39 is 6.43 Å². The molecule has 1 aromatic heterocycles. The lowest BCUT2D eigenvalue weighted by molar-refractivity contribution is -0.121. The number of carbonyl (C=O) groups excluding carboxylic acids is 1. The van der Waals surface area contributed by atoms with Crippen LogP contribution in [0.2, 0.25) is 0 Å². The quantitative estimate of drug-likeness (QED) is 0.816. The Bertz CT molecular complexity index is 395. The van der Waals surface area contributed by atoms with Gasteiger partial charge in [-0.25, -0.2) is 8.78 Å². The van der Waals surface area contributed by atoms with Crippen molar-refractivity contribution in [1.29, 1.82) is 0 Å². The van der Waals surface area contributed by atoms with Gasteiger partial charge in [-0.05, 0) is 38.7 Å². The summed E-state index contributed by atoms with van der Waals surface area (Å²) in [6.07, 6.45) is 2.46. The van der Waals surface area contributed by atoms with Gasteiger partial charge in [-0.15, -0.1) is 0 Å². The summed E-state index contributed by atoms with van der Waals surface area (Å²) in [4.78, 5) is 11.2. The molecule has 0 amide bonds. The number of ketones is 1. The highest BCUT2D eigenvalue weighted by Gasteiger charge is 2.25. The first kappa shape index (κ1) is 12.2. The van der Waals surface area contributed by atoms with E-state index in [0.29, 0.717) is 0 Å². The summed E-state index contributed by atoms with van der Waals surface area (Å²) in [5.74, 6) is 0.383. The molecule has 1 aliphatic carbocycles. The predicted molar refractivity (Wildman–Crippen MR) is 58.9 cm³/mol. The third-order valence-electron chi connectivity index (χ3n) is 3.50. The van der Waals surface area contributed by atoms with Crippen molar-refractivity contribution in [2.45, 2.75) is 45.1 Å². The zero-order valence-electron chi connectivity index (χ0n) is 9.77.